The number of benzene rings is 2. The molecule has 29 heavy (non-hydrogen) atoms. The van der Waals surface area contributed by atoms with Crippen LogP contribution in [0.1, 0.15) is 24.5 Å². The molecule has 2 rings (SSSR count). The first-order valence-electron chi connectivity index (χ1n) is 9.25. The SMILES string of the molecule is CCS(=O)(=O)Nc1ccc(NC(=O)CS(=O)(=O)CCCc2ccccc2)cc1C. The van der Waals surface area contributed by atoms with Crippen LogP contribution in [0.25, 0.3) is 0 Å². The minimum atomic E-state index is -3.52. The zero-order valence-corrected chi connectivity index (χ0v) is 18.1. The number of carbonyl (C=O) groups is 1. The van der Waals surface area contributed by atoms with Gasteiger partial charge in [-0.1, -0.05) is 30.3 Å². The molecule has 0 radical (unpaired) electrons. The molecule has 1 amide bonds. The lowest BCUT2D eigenvalue weighted by Crippen LogP contribution is -2.25. The Kier molecular flexibility index (Phi) is 7.80. The van der Waals surface area contributed by atoms with Crippen molar-refractivity contribution in [3.63, 3.8) is 0 Å². The summed E-state index contributed by atoms with van der Waals surface area (Å²) in [6.45, 7) is 3.23. The highest BCUT2D eigenvalue weighted by molar-refractivity contribution is 7.92. The quantitative estimate of drug-likeness (QED) is 0.593. The van der Waals surface area contributed by atoms with Gasteiger partial charge in [0.25, 0.3) is 0 Å². The van der Waals surface area contributed by atoms with Crippen LogP contribution < -0.4 is 10.0 Å². The zero-order chi connectivity index (χ0) is 21.5. The van der Waals surface area contributed by atoms with E-state index in [4.69, 9.17) is 0 Å². The first-order valence-corrected chi connectivity index (χ1v) is 12.7. The Hall–Kier alpha value is -2.39. The maximum absolute atomic E-state index is 12.2. The predicted molar refractivity (Wildman–Crippen MR) is 116 cm³/mol. The number of amides is 1. The summed E-state index contributed by atoms with van der Waals surface area (Å²) >= 11 is 0. The number of hydrogen-bond donors (Lipinski definition) is 2. The van der Waals surface area contributed by atoms with E-state index < -0.39 is 31.5 Å². The fourth-order valence-electron chi connectivity index (χ4n) is 2.71. The summed E-state index contributed by atoms with van der Waals surface area (Å²) in [6, 6.07) is 14.2. The molecule has 0 saturated heterocycles. The van der Waals surface area contributed by atoms with Gasteiger partial charge in [0, 0.05) is 5.69 Å². The van der Waals surface area contributed by atoms with Gasteiger partial charge in [-0.05, 0) is 56.0 Å². The Bertz CT molecular complexity index is 1050. The molecule has 0 spiro atoms. The van der Waals surface area contributed by atoms with Crippen molar-refractivity contribution < 1.29 is 21.6 Å². The number of carbonyl (C=O) groups excluding carboxylic acids is 1. The Morgan fingerprint density at radius 3 is 2.31 bits per heavy atom. The van der Waals surface area contributed by atoms with E-state index in [0.29, 0.717) is 29.8 Å². The summed E-state index contributed by atoms with van der Waals surface area (Å²) in [5, 5.41) is 2.56. The second kappa shape index (κ2) is 9.89. The van der Waals surface area contributed by atoms with Gasteiger partial charge >= 0.3 is 0 Å². The van der Waals surface area contributed by atoms with Crippen LogP contribution in [-0.2, 0) is 31.1 Å². The Balaban J connectivity index is 1.89. The molecule has 0 aliphatic carbocycles. The van der Waals surface area contributed by atoms with Crippen molar-refractivity contribution in [2.45, 2.75) is 26.7 Å². The number of sulfone groups is 1. The van der Waals surface area contributed by atoms with E-state index in [1.54, 1.807) is 13.0 Å². The molecule has 0 heterocycles. The van der Waals surface area contributed by atoms with Gasteiger partial charge in [-0.15, -0.1) is 0 Å². The van der Waals surface area contributed by atoms with Crippen LogP contribution in [0.3, 0.4) is 0 Å². The number of sulfonamides is 1. The van der Waals surface area contributed by atoms with E-state index >= 15 is 0 Å². The second-order valence-electron chi connectivity index (χ2n) is 6.76. The third-order valence-electron chi connectivity index (χ3n) is 4.27. The van der Waals surface area contributed by atoms with E-state index in [0.717, 1.165) is 5.56 Å². The van der Waals surface area contributed by atoms with Crippen LogP contribution in [0.5, 0.6) is 0 Å². The predicted octanol–water partition coefficient (Wildman–Crippen LogP) is 2.74. The number of aryl methyl sites for hydroxylation is 2. The summed E-state index contributed by atoms with van der Waals surface area (Å²) in [7, 11) is -6.92. The number of hydrogen-bond acceptors (Lipinski definition) is 5. The van der Waals surface area contributed by atoms with Crippen LogP contribution in [0.2, 0.25) is 0 Å². The normalized spacial score (nSPS) is 11.8. The van der Waals surface area contributed by atoms with Gasteiger partial charge in [-0.25, -0.2) is 16.8 Å². The molecular weight excluding hydrogens is 412 g/mol. The first-order chi connectivity index (χ1) is 13.6. The van der Waals surface area contributed by atoms with Crippen LogP contribution >= 0.6 is 0 Å². The monoisotopic (exact) mass is 438 g/mol. The van der Waals surface area contributed by atoms with Crippen molar-refractivity contribution in [1.29, 1.82) is 0 Å². The van der Waals surface area contributed by atoms with E-state index in [9.17, 15) is 21.6 Å². The van der Waals surface area contributed by atoms with E-state index in [-0.39, 0.29) is 11.5 Å². The largest absolute Gasteiger partial charge is 0.325 e. The molecule has 0 aliphatic rings. The zero-order valence-electron chi connectivity index (χ0n) is 16.5. The molecular formula is C20H26N2O5S2. The Morgan fingerprint density at radius 2 is 1.69 bits per heavy atom. The molecule has 0 saturated carbocycles. The molecule has 2 N–H and O–H groups in total. The molecule has 0 bridgehead atoms. The fourth-order valence-corrected chi connectivity index (χ4v) is 4.61. The van der Waals surface area contributed by atoms with Crippen molar-refractivity contribution in [1.82, 2.24) is 0 Å². The van der Waals surface area contributed by atoms with Crippen LogP contribution in [0.15, 0.2) is 48.5 Å². The van der Waals surface area contributed by atoms with E-state index in [2.05, 4.69) is 10.0 Å². The molecule has 0 unspecified atom stereocenters. The lowest BCUT2D eigenvalue weighted by molar-refractivity contribution is -0.113. The van der Waals surface area contributed by atoms with Crippen molar-refractivity contribution in [2.75, 3.05) is 27.3 Å². The van der Waals surface area contributed by atoms with E-state index in [1.807, 2.05) is 30.3 Å². The van der Waals surface area contributed by atoms with Crippen LogP contribution in [-0.4, -0.2) is 40.0 Å². The van der Waals surface area contributed by atoms with E-state index in [1.165, 1.54) is 19.1 Å². The number of rotatable bonds is 10. The summed E-state index contributed by atoms with van der Waals surface area (Å²) in [4.78, 5) is 12.1. The third kappa shape index (κ3) is 7.86. The molecule has 0 atom stereocenters. The number of nitrogens with one attached hydrogen (secondary N) is 2. The van der Waals surface area contributed by atoms with Gasteiger partial charge in [0.05, 0.1) is 17.2 Å². The fraction of sp³-hybridized carbons (Fsp3) is 0.350. The summed E-state index contributed by atoms with van der Waals surface area (Å²) < 4.78 is 50.2. The summed E-state index contributed by atoms with van der Waals surface area (Å²) in [5.41, 5.74) is 2.50. The Labute approximate surface area is 172 Å². The molecule has 2 aromatic rings. The molecule has 2 aromatic carbocycles. The molecule has 158 valence electrons. The lowest BCUT2D eigenvalue weighted by Gasteiger charge is -2.12. The standard InChI is InChI=1S/C20H26N2O5S2/c1-3-29(26,27)22-19-12-11-18(14-16(19)2)21-20(23)15-28(24,25)13-7-10-17-8-5-4-6-9-17/h4-6,8-9,11-12,14,22H,3,7,10,13,15H2,1-2H3,(H,21,23). The highest BCUT2D eigenvalue weighted by atomic mass is 32.2. The lowest BCUT2D eigenvalue weighted by atomic mass is 10.1. The van der Waals surface area contributed by atoms with Gasteiger partial charge in [-0.2, -0.15) is 0 Å². The highest BCUT2D eigenvalue weighted by Gasteiger charge is 2.17. The molecule has 9 heteroatoms. The molecule has 0 aliphatic heterocycles. The van der Waals surface area contributed by atoms with Crippen LogP contribution in [0.4, 0.5) is 11.4 Å². The Morgan fingerprint density at radius 1 is 1.00 bits per heavy atom. The van der Waals surface area contributed by atoms with Crippen molar-refractivity contribution in [3.05, 3.63) is 59.7 Å². The minimum absolute atomic E-state index is 0.0486. The smallest absolute Gasteiger partial charge is 0.239 e. The van der Waals surface area contributed by atoms with Crippen molar-refractivity contribution >= 4 is 37.1 Å². The van der Waals surface area contributed by atoms with Gasteiger partial charge in [0.2, 0.25) is 15.9 Å². The first kappa shape index (κ1) is 22.9. The highest BCUT2D eigenvalue weighted by Crippen LogP contribution is 2.21. The third-order valence-corrected chi connectivity index (χ3v) is 7.17. The molecule has 0 aromatic heterocycles. The maximum atomic E-state index is 12.2. The molecule has 0 fully saturated rings. The summed E-state index contributed by atoms with van der Waals surface area (Å²) in [5.74, 6) is -1.32. The topological polar surface area (TPSA) is 109 Å². The second-order valence-corrected chi connectivity index (χ2v) is 11.0. The molecule has 7 nitrogen and oxygen atoms in total. The van der Waals surface area contributed by atoms with Gasteiger partial charge in [-0.3, -0.25) is 9.52 Å². The minimum Gasteiger partial charge on any atom is -0.325 e. The maximum Gasteiger partial charge on any atom is 0.239 e. The van der Waals surface area contributed by atoms with Gasteiger partial charge in [0.1, 0.15) is 5.75 Å². The van der Waals surface area contributed by atoms with Crippen molar-refractivity contribution in [3.8, 4) is 0 Å². The van der Waals surface area contributed by atoms with Crippen molar-refractivity contribution in [2.24, 2.45) is 0 Å². The summed E-state index contributed by atoms with van der Waals surface area (Å²) in [6.07, 6.45) is 1.08. The van der Waals surface area contributed by atoms with Gasteiger partial charge < -0.3 is 5.32 Å². The van der Waals surface area contributed by atoms with Gasteiger partial charge in [0.15, 0.2) is 9.84 Å². The average molecular weight is 439 g/mol. The van der Waals surface area contributed by atoms with Crippen LogP contribution in [0, 0.1) is 6.92 Å². The average Bonchev–Trinajstić information content (AvgIpc) is 2.64. The number of anilines is 2.